The number of hydrogen-bond acceptors (Lipinski definition) is 5. The summed E-state index contributed by atoms with van der Waals surface area (Å²) in [5.41, 5.74) is 6.20. The van der Waals surface area contributed by atoms with Crippen LogP contribution in [-0.2, 0) is 9.47 Å². The fourth-order valence-corrected chi connectivity index (χ4v) is 3.34. The number of nitrogens with zero attached hydrogens (tertiary/aromatic N) is 2. The third-order valence-corrected chi connectivity index (χ3v) is 4.44. The van der Waals surface area contributed by atoms with E-state index in [1.165, 1.54) is 6.42 Å². The summed E-state index contributed by atoms with van der Waals surface area (Å²) in [6.45, 7) is 4.32. The number of aliphatic imine (C=N–C) groups is 1. The summed E-state index contributed by atoms with van der Waals surface area (Å²) in [6.07, 6.45) is 5.92. The summed E-state index contributed by atoms with van der Waals surface area (Å²) in [6, 6.07) is 0. The maximum atomic E-state index is 6.09. The monoisotopic (exact) mass is 253 g/mol. The molecule has 5 nitrogen and oxygen atoms in total. The lowest BCUT2D eigenvalue weighted by molar-refractivity contribution is 0.0573. The normalized spacial score (nSPS) is 37.0. The van der Waals surface area contributed by atoms with Gasteiger partial charge in [-0.1, -0.05) is 0 Å². The topological polar surface area (TPSA) is 60.1 Å². The van der Waals surface area contributed by atoms with Crippen molar-refractivity contribution in [3.63, 3.8) is 0 Å². The Morgan fingerprint density at radius 1 is 1.28 bits per heavy atom. The quantitative estimate of drug-likeness (QED) is 0.788. The first-order chi connectivity index (χ1) is 8.80. The Kier molecular flexibility index (Phi) is 3.43. The summed E-state index contributed by atoms with van der Waals surface area (Å²) >= 11 is 0. The van der Waals surface area contributed by atoms with Gasteiger partial charge in [0, 0.05) is 26.4 Å². The molecule has 0 bridgehead atoms. The van der Waals surface area contributed by atoms with Crippen molar-refractivity contribution in [2.45, 2.75) is 43.7 Å². The first-order valence-corrected chi connectivity index (χ1v) is 7.07. The van der Waals surface area contributed by atoms with E-state index in [0.717, 1.165) is 58.6 Å². The van der Waals surface area contributed by atoms with Crippen molar-refractivity contribution >= 4 is 5.96 Å². The molecule has 0 saturated carbocycles. The van der Waals surface area contributed by atoms with Crippen molar-refractivity contribution < 1.29 is 9.47 Å². The molecular formula is C13H23N3O2. The molecule has 0 amide bonds. The Hall–Kier alpha value is -0.810. The van der Waals surface area contributed by atoms with Crippen LogP contribution in [0.2, 0.25) is 0 Å². The van der Waals surface area contributed by atoms with Gasteiger partial charge in [0.1, 0.15) is 0 Å². The minimum atomic E-state index is 0.104. The van der Waals surface area contributed by atoms with Crippen LogP contribution in [0.3, 0.4) is 0 Å². The molecule has 2 N–H and O–H groups in total. The Morgan fingerprint density at radius 3 is 3.06 bits per heavy atom. The van der Waals surface area contributed by atoms with Gasteiger partial charge in [0.05, 0.1) is 18.2 Å². The van der Waals surface area contributed by atoms with Crippen LogP contribution in [0.5, 0.6) is 0 Å². The molecule has 1 spiro atoms. The van der Waals surface area contributed by atoms with Crippen LogP contribution < -0.4 is 5.73 Å². The zero-order valence-electron chi connectivity index (χ0n) is 10.9. The summed E-state index contributed by atoms with van der Waals surface area (Å²) in [5.74, 6) is 0.701. The summed E-state index contributed by atoms with van der Waals surface area (Å²) in [5, 5.41) is 0. The van der Waals surface area contributed by atoms with Crippen molar-refractivity contribution in [3.8, 4) is 0 Å². The third kappa shape index (κ3) is 2.21. The van der Waals surface area contributed by atoms with Crippen LogP contribution in [0.4, 0.5) is 0 Å². The van der Waals surface area contributed by atoms with E-state index in [1.54, 1.807) is 0 Å². The van der Waals surface area contributed by atoms with Gasteiger partial charge < -0.3 is 20.1 Å². The van der Waals surface area contributed by atoms with E-state index in [2.05, 4.69) is 9.89 Å². The Balaban J connectivity index is 1.72. The first-order valence-electron chi connectivity index (χ1n) is 7.07. The van der Waals surface area contributed by atoms with E-state index in [0.29, 0.717) is 12.1 Å². The minimum Gasteiger partial charge on any atom is -0.381 e. The van der Waals surface area contributed by atoms with E-state index < -0.39 is 0 Å². The van der Waals surface area contributed by atoms with Crippen LogP contribution >= 0.6 is 0 Å². The van der Waals surface area contributed by atoms with Crippen molar-refractivity contribution in [3.05, 3.63) is 0 Å². The number of hydrogen-bond donors (Lipinski definition) is 1. The average molecular weight is 253 g/mol. The molecule has 2 unspecified atom stereocenters. The number of ether oxygens (including phenoxy) is 2. The molecule has 18 heavy (non-hydrogen) atoms. The van der Waals surface area contributed by atoms with Gasteiger partial charge in [-0.2, -0.15) is 0 Å². The van der Waals surface area contributed by atoms with Gasteiger partial charge in [-0.15, -0.1) is 0 Å². The van der Waals surface area contributed by atoms with E-state index in [9.17, 15) is 0 Å². The van der Waals surface area contributed by atoms with Crippen LogP contribution in [0.15, 0.2) is 4.99 Å². The molecule has 0 radical (unpaired) electrons. The highest BCUT2D eigenvalue weighted by atomic mass is 16.5. The average Bonchev–Trinajstić information content (AvgIpc) is 2.90. The Bertz CT molecular complexity index is 318. The molecule has 2 fully saturated rings. The lowest BCUT2D eigenvalue weighted by Gasteiger charge is -2.39. The van der Waals surface area contributed by atoms with E-state index in [-0.39, 0.29) is 5.54 Å². The van der Waals surface area contributed by atoms with Crippen molar-refractivity contribution in [1.29, 1.82) is 0 Å². The molecule has 5 heteroatoms. The van der Waals surface area contributed by atoms with E-state index in [4.69, 9.17) is 15.2 Å². The lowest BCUT2D eigenvalue weighted by Crippen LogP contribution is -2.54. The highest BCUT2D eigenvalue weighted by Crippen LogP contribution is 2.33. The summed E-state index contributed by atoms with van der Waals surface area (Å²) in [7, 11) is 0. The predicted octanol–water partition coefficient (Wildman–Crippen LogP) is 0.735. The zero-order chi connectivity index (χ0) is 12.4. The highest BCUT2D eigenvalue weighted by molar-refractivity contribution is 5.81. The minimum absolute atomic E-state index is 0.104. The Morgan fingerprint density at radius 2 is 2.22 bits per heavy atom. The second-order valence-corrected chi connectivity index (χ2v) is 5.61. The van der Waals surface area contributed by atoms with Gasteiger partial charge in [0.15, 0.2) is 5.96 Å². The first kappa shape index (κ1) is 12.2. The lowest BCUT2D eigenvalue weighted by atomic mass is 9.89. The van der Waals surface area contributed by atoms with Gasteiger partial charge in [-0.25, -0.2) is 0 Å². The number of nitrogens with two attached hydrogens (primary N) is 1. The van der Waals surface area contributed by atoms with E-state index >= 15 is 0 Å². The molecule has 2 atom stereocenters. The molecule has 102 valence electrons. The van der Waals surface area contributed by atoms with E-state index in [1.807, 2.05) is 0 Å². The van der Waals surface area contributed by atoms with Crippen molar-refractivity contribution in [2.24, 2.45) is 10.7 Å². The molecule has 0 aromatic rings. The molecule has 2 saturated heterocycles. The largest absolute Gasteiger partial charge is 0.381 e. The van der Waals surface area contributed by atoms with Crippen molar-refractivity contribution in [2.75, 3.05) is 32.9 Å². The van der Waals surface area contributed by atoms with Crippen LogP contribution in [0, 0.1) is 0 Å². The molecule has 3 heterocycles. The van der Waals surface area contributed by atoms with Crippen molar-refractivity contribution in [1.82, 2.24) is 4.90 Å². The molecule has 3 aliphatic rings. The maximum Gasteiger partial charge on any atom is 0.191 e. The molecule has 0 aromatic heterocycles. The molecule has 3 aliphatic heterocycles. The van der Waals surface area contributed by atoms with Gasteiger partial charge in [-0.05, 0) is 32.1 Å². The fraction of sp³-hybridized carbons (Fsp3) is 0.923. The van der Waals surface area contributed by atoms with Crippen LogP contribution in [0.1, 0.15) is 32.1 Å². The van der Waals surface area contributed by atoms with Crippen LogP contribution in [0.25, 0.3) is 0 Å². The highest BCUT2D eigenvalue weighted by Gasteiger charge is 2.43. The van der Waals surface area contributed by atoms with Crippen LogP contribution in [-0.4, -0.2) is 55.4 Å². The Labute approximate surface area is 108 Å². The standard InChI is InChI=1S/C13H23N3O2/c14-12-15-10-13(4-2-6-17-8-5-13)16(12)9-11-3-1-7-18-11/h11H,1-10H2,(H2,14,15). The smallest absolute Gasteiger partial charge is 0.191 e. The molecular weight excluding hydrogens is 230 g/mol. The maximum absolute atomic E-state index is 6.09. The summed E-state index contributed by atoms with van der Waals surface area (Å²) < 4.78 is 11.3. The predicted molar refractivity (Wildman–Crippen MR) is 69.6 cm³/mol. The molecule has 0 aliphatic carbocycles. The fourth-order valence-electron chi connectivity index (χ4n) is 3.34. The second kappa shape index (κ2) is 5.05. The van der Waals surface area contributed by atoms with Gasteiger partial charge in [0.2, 0.25) is 0 Å². The van der Waals surface area contributed by atoms with Gasteiger partial charge >= 0.3 is 0 Å². The number of rotatable bonds is 2. The third-order valence-electron chi connectivity index (χ3n) is 4.44. The zero-order valence-corrected chi connectivity index (χ0v) is 10.9. The summed E-state index contributed by atoms with van der Waals surface area (Å²) in [4.78, 5) is 6.79. The van der Waals surface area contributed by atoms with Gasteiger partial charge in [0.25, 0.3) is 0 Å². The number of guanidine groups is 1. The SMILES string of the molecule is NC1=NCC2(CCCOCC2)N1CC1CCCO1. The second-order valence-electron chi connectivity index (χ2n) is 5.61. The molecule has 0 aromatic carbocycles. The van der Waals surface area contributed by atoms with Gasteiger partial charge in [-0.3, -0.25) is 4.99 Å². The molecule has 3 rings (SSSR count).